The Hall–Kier alpha value is -3.65. The van der Waals surface area contributed by atoms with Crippen molar-refractivity contribution in [1.82, 2.24) is 0 Å². The number of benzene rings is 4. The molecule has 0 fully saturated rings. The number of aryl methyl sites for hydroxylation is 1. The molecule has 4 aromatic carbocycles. The summed E-state index contributed by atoms with van der Waals surface area (Å²) in [5, 5.41) is 7.29. The standard InChI is InChI=1S/C26H17NO/c1-27-13-5-7-19(16-27)21-9-4-10-22-24-15-23-18(14-25(24)28-26(21)22)12-11-17-6-2-3-8-20(17)23/h2-15H,1H3. The molecule has 2 aromatic heterocycles. The van der Waals surface area contributed by atoms with Crippen LogP contribution < -0.4 is 4.57 Å². The van der Waals surface area contributed by atoms with Gasteiger partial charge in [0, 0.05) is 10.8 Å². The molecule has 0 radical (unpaired) electrons. The highest BCUT2D eigenvalue weighted by Gasteiger charge is 2.12. The van der Waals surface area contributed by atoms with Gasteiger partial charge in [-0.05, 0) is 33.7 Å². The number of hydrogen-bond donors (Lipinski definition) is 0. The van der Waals surface area contributed by atoms with Crippen LogP contribution in [-0.4, -0.2) is 0 Å². The largest absolute Gasteiger partial charge is 0.465 e. The quantitative estimate of drug-likeness (QED) is 0.194. The fraction of sp³-hybridized carbons (Fsp3) is 0.0385. The van der Waals surface area contributed by atoms with Gasteiger partial charge >= 0.3 is 0 Å². The summed E-state index contributed by atoms with van der Waals surface area (Å²) >= 11 is 0. The van der Waals surface area contributed by atoms with Crippen LogP contribution in [0.15, 0.2) is 89.5 Å². The molecule has 0 aliphatic heterocycles. The Bertz CT molecular complexity index is 1520. The number of rotatable bonds is 1. The van der Waals surface area contributed by atoms with Gasteiger partial charge in [-0.2, -0.15) is 0 Å². The maximum atomic E-state index is 6.37. The van der Waals surface area contributed by atoms with Crippen LogP contribution in [0.25, 0.3) is 54.6 Å². The third-order valence-electron chi connectivity index (χ3n) is 5.52. The number of hydrogen-bond acceptors (Lipinski definition) is 1. The van der Waals surface area contributed by atoms with Crippen molar-refractivity contribution in [3.8, 4) is 11.1 Å². The molecule has 0 bridgehead atoms. The number of aromatic nitrogens is 1. The molecule has 2 heteroatoms. The third kappa shape index (κ3) is 2.18. The lowest BCUT2D eigenvalue weighted by Gasteiger charge is -2.07. The lowest BCUT2D eigenvalue weighted by molar-refractivity contribution is -0.675. The predicted molar refractivity (Wildman–Crippen MR) is 114 cm³/mol. The molecule has 2 nitrogen and oxygen atoms in total. The first-order valence-corrected chi connectivity index (χ1v) is 9.43. The summed E-state index contributed by atoms with van der Waals surface area (Å²) in [6.45, 7) is 0. The van der Waals surface area contributed by atoms with Gasteiger partial charge in [0.2, 0.25) is 0 Å². The molecule has 0 amide bonds. The van der Waals surface area contributed by atoms with Crippen molar-refractivity contribution in [2.45, 2.75) is 0 Å². The molecule has 0 unspecified atom stereocenters. The first-order chi connectivity index (χ1) is 13.8. The fourth-order valence-electron chi connectivity index (χ4n) is 4.19. The van der Waals surface area contributed by atoms with E-state index in [2.05, 4.69) is 79.0 Å². The molecular formula is C26H17NO. The minimum atomic E-state index is 0.916. The minimum Gasteiger partial charge on any atom is -0.465 e. The summed E-state index contributed by atoms with van der Waals surface area (Å²) in [5.41, 5.74) is 3.94. The Morgan fingerprint density at radius 3 is 2.50 bits per heavy atom. The maximum absolute atomic E-state index is 6.37. The maximum Gasteiger partial charge on any atom is 0.153 e. The average molecular weight is 359 g/mol. The van der Waals surface area contributed by atoms with E-state index in [0.29, 0.717) is 0 Å². The molecule has 0 saturated carbocycles. The van der Waals surface area contributed by atoms with E-state index in [9.17, 15) is 0 Å². The van der Waals surface area contributed by atoms with Crippen molar-refractivity contribution in [2.75, 3.05) is 0 Å². The van der Waals surface area contributed by atoms with E-state index in [1.54, 1.807) is 0 Å². The molecule has 0 spiro atoms. The molecule has 0 atom stereocenters. The van der Waals surface area contributed by atoms with Gasteiger partial charge in [0.1, 0.15) is 18.2 Å². The number of nitrogens with zero attached hydrogens (tertiary/aromatic N) is 1. The number of furan rings is 1. The molecule has 28 heavy (non-hydrogen) atoms. The van der Waals surface area contributed by atoms with Crippen molar-refractivity contribution in [1.29, 1.82) is 0 Å². The fourth-order valence-corrected chi connectivity index (χ4v) is 4.19. The van der Waals surface area contributed by atoms with E-state index in [1.165, 1.54) is 21.5 Å². The normalized spacial score (nSPS) is 11.8. The van der Waals surface area contributed by atoms with Gasteiger partial charge in [-0.1, -0.05) is 71.8 Å². The molecule has 6 rings (SSSR count). The lowest BCUT2D eigenvalue weighted by Crippen LogP contribution is -2.26. The van der Waals surface area contributed by atoms with Crippen molar-refractivity contribution in [3.63, 3.8) is 0 Å². The van der Waals surface area contributed by atoms with Crippen LogP contribution in [-0.2, 0) is 7.05 Å². The summed E-state index contributed by atoms with van der Waals surface area (Å²) in [4.78, 5) is 0. The van der Waals surface area contributed by atoms with Crippen LogP contribution in [0.4, 0.5) is 0 Å². The monoisotopic (exact) mass is 359 g/mol. The smallest absolute Gasteiger partial charge is 0.153 e. The highest BCUT2D eigenvalue weighted by molar-refractivity contribution is 6.17. The second-order valence-corrected chi connectivity index (χ2v) is 7.29. The molecule has 0 aliphatic rings. The Balaban J connectivity index is 1.73. The first kappa shape index (κ1) is 15.4. The van der Waals surface area contributed by atoms with Crippen LogP contribution in [0.5, 0.6) is 0 Å². The number of fused-ring (bicyclic) bond motifs is 6. The van der Waals surface area contributed by atoms with Crippen LogP contribution in [0, 0.1) is 6.20 Å². The van der Waals surface area contributed by atoms with Crippen LogP contribution >= 0.6 is 0 Å². The Kier molecular flexibility index (Phi) is 3.12. The van der Waals surface area contributed by atoms with E-state index in [-0.39, 0.29) is 0 Å². The highest BCUT2D eigenvalue weighted by atomic mass is 16.3. The van der Waals surface area contributed by atoms with Crippen molar-refractivity contribution in [2.24, 2.45) is 7.05 Å². The second kappa shape index (κ2) is 5.67. The van der Waals surface area contributed by atoms with Gasteiger partial charge in [-0.15, -0.1) is 6.07 Å². The summed E-state index contributed by atoms with van der Waals surface area (Å²) < 4.78 is 8.31. The number of para-hydroxylation sites is 1. The van der Waals surface area contributed by atoms with Gasteiger partial charge in [0.05, 0.1) is 6.20 Å². The van der Waals surface area contributed by atoms with Crippen molar-refractivity contribution in [3.05, 3.63) is 91.3 Å². The highest BCUT2D eigenvalue weighted by Crippen LogP contribution is 2.38. The average Bonchev–Trinajstić information content (AvgIpc) is 3.10. The van der Waals surface area contributed by atoms with E-state index < -0.39 is 0 Å². The lowest BCUT2D eigenvalue weighted by atomic mass is 9.99. The topological polar surface area (TPSA) is 17.0 Å². The Morgan fingerprint density at radius 1 is 0.714 bits per heavy atom. The zero-order chi connectivity index (χ0) is 18.7. The summed E-state index contributed by atoms with van der Waals surface area (Å²) in [5.74, 6) is 0. The van der Waals surface area contributed by atoms with Gasteiger partial charge in [-0.3, -0.25) is 4.57 Å². The molecular weight excluding hydrogens is 342 g/mol. The van der Waals surface area contributed by atoms with Crippen LogP contribution in [0.3, 0.4) is 0 Å². The van der Waals surface area contributed by atoms with Gasteiger partial charge in [0.25, 0.3) is 0 Å². The summed E-state index contributed by atoms with van der Waals surface area (Å²) in [7, 11) is 1.99. The van der Waals surface area contributed by atoms with Crippen LogP contribution in [0.2, 0.25) is 0 Å². The molecule has 132 valence electrons. The predicted octanol–water partition coefficient (Wildman–Crippen LogP) is 6.18. The molecule has 0 N–H and O–H groups in total. The molecule has 6 aromatic rings. The Labute approximate surface area is 162 Å². The van der Waals surface area contributed by atoms with Crippen molar-refractivity contribution < 1.29 is 8.98 Å². The SMILES string of the molecule is C[n+]1[c-]c(-c2cccc3c2oc2cc4ccc5ccccc5c4cc23)ccc1. The van der Waals surface area contributed by atoms with E-state index in [0.717, 1.165) is 33.1 Å². The van der Waals surface area contributed by atoms with E-state index in [1.807, 2.05) is 23.9 Å². The van der Waals surface area contributed by atoms with E-state index in [4.69, 9.17) is 4.42 Å². The second-order valence-electron chi connectivity index (χ2n) is 7.29. The van der Waals surface area contributed by atoms with Crippen molar-refractivity contribution >= 4 is 43.5 Å². The van der Waals surface area contributed by atoms with Gasteiger partial charge in [-0.25, -0.2) is 0 Å². The zero-order valence-electron chi connectivity index (χ0n) is 15.4. The Morgan fingerprint density at radius 2 is 1.57 bits per heavy atom. The van der Waals surface area contributed by atoms with Gasteiger partial charge < -0.3 is 4.42 Å². The zero-order valence-corrected chi connectivity index (χ0v) is 15.4. The first-order valence-electron chi connectivity index (χ1n) is 9.43. The number of pyridine rings is 1. The van der Waals surface area contributed by atoms with Crippen LogP contribution in [0.1, 0.15) is 0 Å². The van der Waals surface area contributed by atoms with E-state index >= 15 is 0 Å². The third-order valence-corrected chi connectivity index (χ3v) is 5.52. The summed E-state index contributed by atoms with van der Waals surface area (Å²) in [6, 6.07) is 27.8. The molecule has 2 heterocycles. The molecule has 0 saturated heterocycles. The minimum absolute atomic E-state index is 0.916. The molecule has 0 aliphatic carbocycles. The van der Waals surface area contributed by atoms with Gasteiger partial charge in [0.15, 0.2) is 6.20 Å². The summed E-state index contributed by atoms with van der Waals surface area (Å²) in [6.07, 6.45) is 5.36.